The third-order valence-corrected chi connectivity index (χ3v) is 6.19. The Morgan fingerprint density at radius 2 is 1.90 bits per heavy atom. The van der Waals surface area contributed by atoms with Crippen LogP contribution < -0.4 is 10.2 Å². The van der Waals surface area contributed by atoms with Crippen LogP contribution in [-0.2, 0) is 0 Å². The largest absolute Gasteiger partial charge is 0.357 e. The zero-order valence-electron chi connectivity index (χ0n) is 17.2. The predicted molar refractivity (Wildman–Crippen MR) is 112 cm³/mol. The summed E-state index contributed by atoms with van der Waals surface area (Å²) in [7, 11) is 0. The number of amides is 1. The summed E-state index contributed by atoms with van der Waals surface area (Å²) in [6.45, 7) is 1.86. The first-order chi connectivity index (χ1) is 15.1. The van der Waals surface area contributed by atoms with Crippen molar-refractivity contribution in [1.82, 2.24) is 24.4 Å². The van der Waals surface area contributed by atoms with Crippen LogP contribution in [0.25, 0.3) is 5.65 Å². The van der Waals surface area contributed by atoms with Gasteiger partial charge in [-0.2, -0.15) is 10.2 Å². The molecule has 1 aliphatic heterocycles. The van der Waals surface area contributed by atoms with Gasteiger partial charge in [0.1, 0.15) is 11.4 Å². The van der Waals surface area contributed by atoms with E-state index in [0.717, 1.165) is 63.9 Å². The van der Waals surface area contributed by atoms with Gasteiger partial charge >= 0.3 is 0 Å². The molecule has 2 fully saturated rings. The number of hydrogen-bond acceptors (Lipinski definition) is 5. The summed E-state index contributed by atoms with van der Waals surface area (Å²) < 4.78 is 30.4. The highest BCUT2D eigenvalue weighted by Crippen LogP contribution is 2.32. The average Bonchev–Trinajstić information content (AvgIpc) is 3.53. The molecule has 0 unspecified atom stereocenters. The lowest BCUT2D eigenvalue weighted by atomic mass is 9.96. The van der Waals surface area contributed by atoms with Gasteiger partial charge < -0.3 is 10.2 Å². The predicted octanol–water partition coefficient (Wildman–Crippen LogP) is 4.22. The van der Waals surface area contributed by atoms with E-state index in [1.807, 2.05) is 6.07 Å². The standard InChI is InChI=1S/C21H25F2N7O/c22-19(23)18-16(13-30(27-18)14-6-2-1-3-7-14)25-21(31)15-12-24-29-11-8-17(26-20(15)29)28-9-4-5-10-28/h8,11-14,19H,1-7,9-10H2,(H,25,31). The number of rotatable bonds is 5. The number of nitrogens with zero attached hydrogens (tertiary/aromatic N) is 6. The van der Waals surface area contributed by atoms with E-state index in [2.05, 4.69) is 25.4 Å². The second-order valence-corrected chi connectivity index (χ2v) is 8.26. The van der Waals surface area contributed by atoms with Gasteiger partial charge in [-0.1, -0.05) is 19.3 Å². The lowest BCUT2D eigenvalue weighted by molar-refractivity contribution is 0.102. The third-order valence-electron chi connectivity index (χ3n) is 6.19. The molecule has 5 rings (SSSR count). The Bertz CT molecular complexity index is 1080. The molecule has 4 heterocycles. The van der Waals surface area contributed by atoms with Crippen molar-refractivity contribution in [3.63, 3.8) is 0 Å². The fourth-order valence-electron chi connectivity index (χ4n) is 4.53. The molecule has 1 saturated heterocycles. The minimum Gasteiger partial charge on any atom is -0.357 e. The summed E-state index contributed by atoms with van der Waals surface area (Å²) in [5.74, 6) is 0.268. The lowest BCUT2D eigenvalue weighted by Crippen LogP contribution is -2.19. The van der Waals surface area contributed by atoms with E-state index < -0.39 is 18.0 Å². The maximum Gasteiger partial charge on any atom is 0.284 e. The molecule has 1 saturated carbocycles. The number of alkyl halides is 2. The maximum absolute atomic E-state index is 13.6. The number of aromatic nitrogens is 5. The van der Waals surface area contributed by atoms with Crippen LogP contribution in [0.1, 0.15) is 73.5 Å². The minimum absolute atomic E-state index is 0.0422. The molecule has 164 valence electrons. The fourth-order valence-corrected chi connectivity index (χ4v) is 4.53. The van der Waals surface area contributed by atoms with Gasteiger partial charge in [0.05, 0.1) is 17.9 Å². The Kier molecular flexibility index (Phi) is 5.29. The summed E-state index contributed by atoms with van der Waals surface area (Å²) in [6, 6.07) is 1.97. The fraction of sp³-hybridized carbons (Fsp3) is 0.524. The summed E-state index contributed by atoms with van der Waals surface area (Å²) in [6.07, 6.45) is 9.26. The molecule has 8 nitrogen and oxygen atoms in total. The third kappa shape index (κ3) is 3.86. The van der Waals surface area contributed by atoms with Crippen molar-refractivity contribution in [3.05, 3.63) is 35.9 Å². The van der Waals surface area contributed by atoms with Crippen molar-refractivity contribution in [2.45, 2.75) is 57.4 Å². The zero-order valence-corrected chi connectivity index (χ0v) is 17.2. The van der Waals surface area contributed by atoms with Crippen molar-refractivity contribution in [1.29, 1.82) is 0 Å². The Hall–Kier alpha value is -3.04. The first kappa shape index (κ1) is 19.9. The SMILES string of the molecule is O=C(Nc1cn(C2CCCCC2)nc1C(F)F)c1cnn2ccc(N3CCCC3)nc12. The molecule has 31 heavy (non-hydrogen) atoms. The van der Waals surface area contributed by atoms with E-state index in [0.29, 0.717) is 5.65 Å². The van der Waals surface area contributed by atoms with Crippen LogP contribution in [0.4, 0.5) is 20.3 Å². The van der Waals surface area contributed by atoms with Crippen LogP contribution >= 0.6 is 0 Å². The molecule has 0 bridgehead atoms. The van der Waals surface area contributed by atoms with Crippen LogP contribution in [0, 0.1) is 0 Å². The van der Waals surface area contributed by atoms with Gasteiger partial charge in [-0.05, 0) is 31.7 Å². The summed E-state index contributed by atoms with van der Waals surface area (Å²) in [5.41, 5.74) is 0.286. The monoisotopic (exact) mass is 429 g/mol. The summed E-state index contributed by atoms with van der Waals surface area (Å²) in [4.78, 5) is 19.8. The molecule has 0 spiro atoms. The minimum atomic E-state index is -2.77. The Balaban J connectivity index is 1.42. The van der Waals surface area contributed by atoms with Crippen LogP contribution in [0.15, 0.2) is 24.7 Å². The van der Waals surface area contributed by atoms with Gasteiger partial charge in [0.2, 0.25) is 0 Å². The van der Waals surface area contributed by atoms with E-state index in [1.165, 1.54) is 16.9 Å². The highest BCUT2D eigenvalue weighted by molar-refractivity contribution is 6.08. The van der Waals surface area contributed by atoms with Gasteiger partial charge in [0.25, 0.3) is 12.3 Å². The molecule has 10 heteroatoms. The molecule has 1 N–H and O–H groups in total. The van der Waals surface area contributed by atoms with Gasteiger partial charge in [-0.15, -0.1) is 0 Å². The van der Waals surface area contributed by atoms with E-state index in [4.69, 9.17) is 0 Å². The number of fused-ring (bicyclic) bond motifs is 1. The van der Waals surface area contributed by atoms with Gasteiger partial charge in [-0.3, -0.25) is 9.48 Å². The van der Waals surface area contributed by atoms with Crippen molar-refractivity contribution >= 4 is 23.1 Å². The van der Waals surface area contributed by atoms with E-state index >= 15 is 0 Å². The molecular weight excluding hydrogens is 404 g/mol. The maximum atomic E-state index is 13.6. The van der Waals surface area contributed by atoms with Gasteiger partial charge in [0, 0.05) is 25.5 Å². The lowest BCUT2D eigenvalue weighted by Gasteiger charge is -2.21. The van der Waals surface area contributed by atoms with E-state index in [1.54, 1.807) is 10.9 Å². The van der Waals surface area contributed by atoms with Crippen molar-refractivity contribution in [2.24, 2.45) is 0 Å². The quantitative estimate of drug-likeness (QED) is 0.657. The Morgan fingerprint density at radius 1 is 1.13 bits per heavy atom. The Labute approximate surface area is 178 Å². The van der Waals surface area contributed by atoms with Crippen LogP contribution in [0.2, 0.25) is 0 Å². The van der Waals surface area contributed by atoms with E-state index in [9.17, 15) is 13.6 Å². The second kappa shape index (κ2) is 8.24. The number of carbonyl (C=O) groups excluding carboxylic acids is 1. The van der Waals surface area contributed by atoms with Crippen molar-refractivity contribution in [3.8, 4) is 0 Å². The molecule has 1 aliphatic carbocycles. The van der Waals surface area contributed by atoms with Crippen molar-refractivity contribution < 1.29 is 13.6 Å². The van der Waals surface area contributed by atoms with Crippen LogP contribution in [0.5, 0.6) is 0 Å². The number of halogens is 2. The highest BCUT2D eigenvalue weighted by Gasteiger charge is 2.25. The number of hydrogen-bond donors (Lipinski definition) is 1. The second-order valence-electron chi connectivity index (χ2n) is 8.26. The topological polar surface area (TPSA) is 80.3 Å². The normalized spacial score (nSPS) is 17.7. The first-order valence-electron chi connectivity index (χ1n) is 10.9. The zero-order chi connectivity index (χ0) is 21.4. The molecular formula is C21H25F2N7O. The first-order valence-corrected chi connectivity index (χ1v) is 10.9. The molecule has 0 atom stereocenters. The van der Waals surface area contributed by atoms with E-state index in [-0.39, 0.29) is 17.3 Å². The number of nitrogens with one attached hydrogen (secondary N) is 1. The number of carbonyl (C=O) groups is 1. The molecule has 0 aromatic carbocycles. The molecule has 3 aromatic rings. The summed E-state index contributed by atoms with van der Waals surface area (Å²) in [5, 5.41) is 10.9. The summed E-state index contributed by atoms with van der Waals surface area (Å²) >= 11 is 0. The van der Waals surface area contributed by atoms with Gasteiger partial charge in [-0.25, -0.2) is 18.3 Å². The average molecular weight is 429 g/mol. The molecule has 0 radical (unpaired) electrons. The highest BCUT2D eigenvalue weighted by atomic mass is 19.3. The van der Waals surface area contributed by atoms with Crippen LogP contribution in [-0.4, -0.2) is 43.4 Å². The Morgan fingerprint density at radius 3 is 2.65 bits per heavy atom. The smallest absolute Gasteiger partial charge is 0.284 e. The number of anilines is 2. The van der Waals surface area contributed by atoms with Crippen molar-refractivity contribution in [2.75, 3.05) is 23.3 Å². The van der Waals surface area contributed by atoms with Crippen LogP contribution in [0.3, 0.4) is 0 Å². The molecule has 3 aromatic heterocycles. The van der Waals surface area contributed by atoms with Gasteiger partial charge in [0.15, 0.2) is 11.3 Å². The molecule has 2 aliphatic rings. The molecule has 1 amide bonds.